The van der Waals surface area contributed by atoms with Gasteiger partial charge in [-0.25, -0.2) is 0 Å². The summed E-state index contributed by atoms with van der Waals surface area (Å²) in [4.78, 5) is 0. The molecule has 1 unspecified atom stereocenters. The first-order valence-electron chi connectivity index (χ1n) is 13.5. The molecule has 37 heavy (non-hydrogen) atoms. The van der Waals surface area contributed by atoms with Gasteiger partial charge in [0.05, 0.1) is 0 Å². The lowest BCUT2D eigenvalue weighted by Crippen LogP contribution is -2.08. The zero-order valence-electron chi connectivity index (χ0n) is 21.3. The lowest BCUT2D eigenvalue weighted by Gasteiger charge is -2.23. The van der Waals surface area contributed by atoms with E-state index in [9.17, 15) is 0 Å². The predicted octanol–water partition coefficient (Wildman–Crippen LogP) is 9.75. The Hall–Kier alpha value is -4.16. The molecule has 176 valence electrons. The fourth-order valence-electron chi connectivity index (χ4n) is 7.12. The lowest BCUT2D eigenvalue weighted by molar-refractivity contribution is 0.714. The summed E-state index contributed by atoms with van der Waals surface area (Å²) in [6.07, 6.45) is 8.04. The van der Waals surface area contributed by atoms with E-state index in [2.05, 4.69) is 123 Å². The Kier molecular flexibility index (Phi) is 4.35. The molecule has 8 rings (SSSR count). The van der Waals surface area contributed by atoms with E-state index < -0.39 is 0 Å². The van der Waals surface area contributed by atoms with Crippen molar-refractivity contribution in [2.24, 2.45) is 5.92 Å². The highest BCUT2D eigenvalue weighted by molar-refractivity contribution is 6.11. The third-order valence-corrected chi connectivity index (χ3v) is 8.80. The second-order valence-corrected chi connectivity index (χ2v) is 11.1. The van der Waals surface area contributed by atoms with Gasteiger partial charge in [-0.1, -0.05) is 129 Å². The highest BCUT2D eigenvalue weighted by Crippen LogP contribution is 2.51. The number of hydrogen-bond acceptors (Lipinski definition) is 0. The van der Waals surface area contributed by atoms with Crippen LogP contribution in [0.1, 0.15) is 58.7 Å². The van der Waals surface area contributed by atoms with Crippen molar-refractivity contribution >= 4 is 29.0 Å². The fourth-order valence-corrected chi connectivity index (χ4v) is 7.12. The number of hydrogen-bond donors (Lipinski definition) is 0. The molecule has 0 nitrogen and oxygen atoms in total. The van der Waals surface area contributed by atoms with Crippen molar-refractivity contribution in [1.82, 2.24) is 0 Å². The standard InChI is InChI=1S/C37H28/c1-22(2)33-21-35-28(29-19-18-24-17-16-23-9-5-13-30(29)36(23)24)12-7-15-32(35)37(33)31-14-6-11-27-26-10-4-3-8-25(26)20-34(27)31/h3-19,21-22,37H,20H2,1-2H3. The maximum absolute atomic E-state index is 2.52. The van der Waals surface area contributed by atoms with Gasteiger partial charge in [0, 0.05) is 5.92 Å². The molecular weight excluding hydrogens is 444 g/mol. The van der Waals surface area contributed by atoms with Crippen LogP contribution in [0.5, 0.6) is 0 Å². The molecule has 0 spiro atoms. The van der Waals surface area contributed by atoms with E-state index in [4.69, 9.17) is 0 Å². The average molecular weight is 473 g/mol. The monoisotopic (exact) mass is 472 g/mol. The van der Waals surface area contributed by atoms with Crippen molar-refractivity contribution in [1.29, 1.82) is 0 Å². The molecule has 0 aromatic heterocycles. The Bertz CT molecular complexity index is 1810. The number of allylic oxidation sites excluding steroid dienone is 1. The summed E-state index contributed by atoms with van der Waals surface area (Å²) in [5.74, 6) is 0.777. The van der Waals surface area contributed by atoms with Crippen molar-refractivity contribution in [2.45, 2.75) is 26.2 Å². The summed E-state index contributed by atoms with van der Waals surface area (Å²) in [7, 11) is 0. The van der Waals surface area contributed by atoms with Gasteiger partial charge in [-0.2, -0.15) is 0 Å². The Morgan fingerprint density at radius 1 is 0.622 bits per heavy atom. The van der Waals surface area contributed by atoms with E-state index in [-0.39, 0.29) is 0 Å². The summed E-state index contributed by atoms with van der Waals surface area (Å²) in [5.41, 5.74) is 17.0. The van der Waals surface area contributed by atoms with Gasteiger partial charge in [-0.05, 0) is 84.3 Å². The van der Waals surface area contributed by atoms with Crippen LogP contribution >= 0.6 is 0 Å². The van der Waals surface area contributed by atoms with Gasteiger partial charge in [0.25, 0.3) is 0 Å². The van der Waals surface area contributed by atoms with E-state index in [0.29, 0.717) is 11.8 Å². The molecule has 0 fully saturated rings. The minimum Gasteiger partial charge on any atom is -0.0619 e. The molecule has 0 saturated heterocycles. The number of fused-ring (bicyclic) bond motifs is 4. The summed E-state index contributed by atoms with van der Waals surface area (Å²) in [5, 5.41) is 2.74. The molecule has 5 aromatic carbocycles. The van der Waals surface area contributed by atoms with E-state index >= 15 is 0 Å². The third kappa shape index (κ3) is 2.90. The van der Waals surface area contributed by atoms with Gasteiger partial charge < -0.3 is 0 Å². The van der Waals surface area contributed by atoms with Gasteiger partial charge >= 0.3 is 0 Å². The van der Waals surface area contributed by atoms with E-state index in [1.807, 2.05) is 0 Å². The molecular formula is C37H28. The minimum absolute atomic E-state index is 0.303. The van der Waals surface area contributed by atoms with Crippen LogP contribution < -0.4 is 0 Å². The SMILES string of the molecule is CC(C)C1=Cc2c(-c3ccc4c5c(cccc35)C=C4)cccc2C1c1cccc2c1Cc1ccccc1-2. The highest BCUT2D eigenvalue weighted by atomic mass is 14.4. The van der Waals surface area contributed by atoms with Gasteiger partial charge in [-0.3, -0.25) is 0 Å². The second-order valence-electron chi connectivity index (χ2n) is 11.1. The summed E-state index contributed by atoms with van der Waals surface area (Å²) in [6.45, 7) is 4.71. The van der Waals surface area contributed by atoms with Crippen LogP contribution in [-0.2, 0) is 6.42 Å². The summed E-state index contributed by atoms with van der Waals surface area (Å²) in [6, 6.07) is 34.2. The topological polar surface area (TPSA) is 0 Å². The number of rotatable bonds is 3. The van der Waals surface area contributed by atoms with Crippen molar-refractivity contribution in [3.05, 3.63) is 136 Å². The van der Waals surface area contributed by atoms with Crippen molar-refractivity contribution in [3.8, 4) is 22.3 Å². The van der Waals surface area contributed by atoms with Crippen molar-refractivity contribution in [2.75, 3.05) is 0 Å². The molecule has 0 heteroatoms. The number of benzene rings is 5. The first-order chi connectivity index (χ1) is 18.2. The van der Waals surface area contributed by atoms with Crippen LogP contribution in [0.3, 0.4) is 0 Å². The quantitative estimate of drug-likeness (QED) is 0.240. The third-order valence-electron chi connectivity index (χ3n) is 8.80. The Morgan fingerprint density at radius 2 is 1.35 bits per heavy atom. The molecule has 0 bridgehead atoms. The van der Waals surface area contributed by atoms with Crippen LogP contribution in [0, 0.1) is 5.92 Å². The van der Waals surface area contributed by atoms with Crippen LogP contribution in [0.25, 0.3) is 51.3 Å². The maximum atomic E-state index is 2.52. The largest absolute Gasteiger partial charge is 0.0619 e. The normalized spacial score (nSPS) is 16.3. The fraction of sp³-hybridized carbons (Fsp3) is 0.135. The van der Waals surface area contributed by atoms with Crippen LogP contribution in [0.15, 0.2) is 96.6 Å². The van der Waals surface area contributed by atoms with Gasteiger partial charge in [-0.15, -0.1) is 0 Å². The second kappa shape index (κ2) is 7.67. The van der Waals surface area contributed by atoms with Gasteiger partial charge in [0.2, 0.25) is 0 Å². The van der Waals surface area contributed by atoms with Gasteiger partial charge in [0.15, 0.2) is 0 Å². The van der Waals surface area contributed by atoms with Crippen LogP contribution in [-0.4, -0.2) is 0 Å². The Labute approximate surface area is 218 Å². The van der Waals surface area contributed by atoms with E-state index in [1.165, 1.54) is 77.5 Å². The predicted molar refractivity (Wildman–Crippen MR) is 158 cm³/mol. The van der Waals surface area contributed by atoms with E-state index in [0.717, 1.165) is 6.42 Å². The molecule has 0 amide bonds. The van der Waals surface area contributed by atoms with E-state index in [1.54, 1.807) is 0 Å². The van der Waals surface area contributed by atoms with Crippen LogP contribution in [0.4, 0.5) is 0 Å². The van der Waals surface area contributed by atoms with Crippen molar-refractivity contribution in [3.63, 3.8) is 0 Å². The molecule has 0 heterocycles. The molecule has 0 N–H and O–H groups in total. The lowest BCUT2D eigenvalue weighted by atomic mass is 9.80. The molecule has 0 saturated carbocycles. The molecule has 1 atom stereocenters. The van der Waals surface area contributed by atoms with Crippen LogP contribution in [0.2, 0.25) is 0 Å². The van der Waals surface area contributed by atoms with Gasteiger partial charge in [0.1, 0.15) is 0 Å². The molecule has 0 aliphatic heterocycles. The molecule has 3 aliphatic carbocycles. The zero-order valence-corrected chi connectivity index (χ0v) is 21.3. The minimum atomic E-state index is 0.303. The zero-order chi connectivity index (χ0) is 24.7. The summed E-state index contributed by atoms with van der Waals surface area (Å²) < 4.78 is 0. The molecule has 5 aromatic rings. The molecule has 3 aliphatic rings. The highest BCUT2D eigenvalue weighted by Gasteiger charge is 2.33. The first-order valence-corrected chi connectivity index (χ1v) is 13.5. The Balaban J connectivity index is 1.34. The summed E-state index contributed by atoms with van der Waals surface area (Å²) >= 11 is 0. The maximum Gasteiger partial charge on any atom is 0.0314 e. The first kappa shape index (κ1) is 21.0. The van der Waals surface area contributed by atoms with Crippen molar-refractivity contribution < 1.29 is 0 Å². The Morgan fingerprint density at radius 3 is 2.22 bits per heavy atom. The smallest absolute Gasteiger partial charge is 0.0314 e. The molecule has 0 radical (unpaired) electrons. The average Bonchev–Trinajstić information content (AvgIpc) is 3.63.